The minimum atomic E-state index is -4.40. The van der Waals surface area contributed by atoms with E-state index in [9.17, 15) is 18.0 Å². The Morgan fingerprint density at radius 3 is 2.52 bits per heavy atom. The number of amides is 1. The standard InChI is InChI=1S/C16H22F3N3O3/c1-12(23)11-25-9-4-15(24)22-7-5-21(6-8-22)14-3-2-13(10-20-14)16(17,18)19/h2-3,10,12,23H,4-9,11H2,1H3. The smallest absolute Gasteiger partial charge is 0.391 e. The first kappa shape index (κ1) is 19.5. The summed E-state index contributed by atoms with van der Waals surface area (Å²) in [6.45, 7) is 4.05. The normalized spacial score (nSPS) is 16.8. The van der Waals surface area contributed by atoms with Gasteiger partial charge >= 0.3 is 6.18 Å². The highest BCUT2D eigenvalue weighted by atomic mass is 19.4. The largest absolute Gasteiger partial charge is 0.417 e. The lowest BCUT2D eigenvalue weighted by Crippen LogP contribution is -2.49. The number of carbonyl (C=O) groups is 1. The summed E-state index contributed by atoms with van der Waals surface area (Å²) in [5.74, 6) is 0.436. The summed E-state index contributed by atoms with van der Waals surface area (Å²) in [6, 6.07) is 2.36. The number of anilines is 1. The van der Waals surface area contributed by atoms with Gasteiger partial charge in [-0.05, 0) is 19.1 Å². The molecule has 25 heavy (non-hydrogen) atoms. The van der Waals surface area contributed by atoms with Gasteiger partial charge in [0.25, 0.3) is 0 Å². The van der Waals surface area contributed by atoms with Gasteiger partial charge in [-0.25, -0.2) is 4.98 Å². The Morgan fingerprint density at radius 1 is 1.32 bits per heavy atom. The van der Waals surface area contributed by atoms with Crippen molar-refractivity contribution in [2.24, 2.45) is 0 Å². The minimum absolute atomic E-state index is 0.0365. The van der Waals surface area contributed by atoms with E-state index in [1.54, 1.807) is 11.8 Å². The molecule has 6 nitrogen and oxygen atoms in total. The van der Waals surface area contributed by atoms with Crippen molar-refractivity contribution in [2.75, 3.05) is 44.3 Å². The summed E-state index contributed by atoms with van der Waals surface area (Å²) in [5.41, 5.74) is -0.776. The quantitative estimate of drug-likeness (QED) is 0.779. The van der Waals surface area contributed by atoms with Crippen LogP contribution in [0.25, 0.3) is 0 Å². The summed E-state index contributed by atoms with van der Waals surface area (Å²) >= 11 is 0. The van der Waals surface area contributed by atoms with Gasteiger partial charge in [-0.2, -0.15) is 13.2 Å². The fourth-order valence-corrected chi connectivity index (χ4v) is 2.50. The molecule has 1 aliphatic heterocycles. The van der Waals surface area contributed by atoms with E-state index in [4.69, 9.17) is 9.84 Å². The first-order chi connectivity index (χ1) is 11.8. The summed E-state index contributed by atoms with van der Waals surface area (Å²) in [6.07, 6.45) is -3.89. The third-order valence-corrected chi connectivity index (χ3v) is 3.85. The predicted molar refractivity (Wildman–Crippen MR) is 85.1 cm³/mol. The first-order valence-electron chi connectivity index (χ1n) is 8.09. The molecule has 1 atom stereocenters. The van der Waals surface area contributed by atoms with E-state index in [-0.39, 0.29) is 25.5 Å². The van der Waals surface area contributed by atoms with Crippen molar-refractivity contribution in [3.05, 3.63) is 23.9 Å². The Balaban J connectivity index is 1.78. The monoisotopic (exact) mass is 361 g/mol. The second-order valence-corrected chi connectivity index (χ2v) is 5.94. The fraction of sp³-hybridized carbons (Fsp3) is 0.625. The highest BCUT2D eigenvalue weighted by molar-refractivity contribution is 5.76. The number of pyridine rings is 1. The summed E-state index contributed by atoms with van der Waals surface area (Å²) in [4.78, 5) is 19.5. The first-order valence-corrected chi connectivity index (χ1v) is 8.09. The highest BCUT2D eigenvalue weighted by Gasteiger charge is 2.31. The number of piperazine rings is 1. The average Bonchev–Trinajstić information content (AvgIpc) is 2.58. The van der Waals surface area contributed by atoms with Crippen molar-refractivity contribution >= 4 is 11.7 Å². The third kappa shape index (κ3) is 5.86. The van der Waals surface area contributed by atoms with E-state index in [2.05, 4.69) is 4.98 Å². The number of alkyl halides is 3. The van der Waals surface area contributed by atoms with E-state index in [0.29, 0.717) is 32.0 Å². The summed E-state index contributed by atoms with van der Waals surface area (Å²) in [7, 11) is 0. The van der Waals surface area contributed by atoms with Crippen molar-refractivity contribution in [3.63, 3.8) is 0 Å². The molecule has 0 aromatic carbocycles. The molecular formula is C16H22F3N3O3. The Hall–Kier alpha value is -1.87. The van der Waals surface area contributed by atoms with Crippen LogP contribution in [0.3, 0.4) is 0 Å². The van der Waals surface area contributed by atoms with Gasteiger partial charge in [0.1, 0.15) is 5.82 Å². The maximum Gasteiger partial charge on any atom is 0.417 e. The van der Waals surface area contributed by atoms with Gasteiger partial charge in [-0.15, -0.1) is 0 Å². The maximum atomic E-state index is 12.6. The Labute approximate surface area is 144 Å². The van der Waals surface area contributed by atoms with Crippen molar-refractivity contribution in [3.8, 4) is 0 Å². The number of halogens is 3. The van der Waals surface area contributed by atoms with E-state index in [1.165, 1.54) is 6.07 Å². The lowest BCUT2D eigenvalue weighted by Gasteiger charge is -2.35. The van der Waals surface area contributed by atoms with Crippen LogP contribution in [0.1, 0.15) is 18.9 Å². The van der Waals surface area contributed by atoms with Gasteiger partial charge in [0.2, 0.25) is 5.91 Å². The molecule has 1 unspecified atom stereocenters. The second-order valence-electron chi connectivity index (χ2n) is 5.94. The molecule has 1 N–H and O–H groups in total. The molecule has 1 saturated heterocycles. The number of nitrogens with zero attached hydrogens (tertiary/aromatic N) is 3. The van der Waals surface area contributed by atoms with E-state index < -0.39 is 17.8 Å². The zero-order valence-electron chi connectivity index (χ0n) is 14.0. The molecule has 1 aliphatic rings. The molecule has 0 aliphatic carbocycles. The predicted octanol–water partition coefficient (Wildman–Crippen LogP) is 1.54. The lowest BCUT2D eigenvalue weighted by atomic mass is 10.2. The Morgan fingerprint density at radius 2 is 2.00 bits per heavy atom. The van der Waals surface area contributed by atoms with Crippen LogP contribution in [0.2, 0.25) is 0 Å². The lowest BCUT2D eigenvalue weighted by molar-refractivity contribution is -0.138. The topological polar surface area (TPSA) is 65.9 Å². The van der Waals surface area contributed by atoms with Crippen LogP contribution in [0.4, 0.5) is 19.0 Å². The van der Waals surface area contributed by atoms with Crippen LogP contribution < -0.4 is 4.90 Å². The maximum absolute atomic E-state index is 12.6. The number of aliphatic hydroxyl groups is 1. The van der Waals surface area contributed by atoms with Gasteiger partial charge in [-0.1, -0.05) is 0 Å². The van der Waals surface area contributed by atoms with Crippen LogP contribution in [0, 0.1) is 0 Å². The molecule has 1 aromatic rings. The summed E-state index contributed by atoms with van der Waals surface area (Å²) in [5, 5.41) is 9.07. The molecule has 1 aromatic heterocycles. The minimum Gasteiger partial charge on any atom is -0.391 e. The number of carbonyl (C=O) groups excluding carboxylic acids is 1. The number of ether oxygens (including phenoxy) is 1. The molecule has 2 rings (SSSR count). The van der Waals surface area contributed by atoms with Crippen LogP contribution in [-0.4, -0.2) is 66.4 Å². The molecule has 140 valence electrons. The van der Waals surface area contributed by atoms with Gasteiger partial charge in [-0.3, -0.25) is 4.79 Å². The zero-order valence-corrected chi connectivity index (χ0v) is 14.0. The molecule has 9 heteroatoms. The molecule has 0 saturated carbocycles. The third-order valence-electron chi connectivity index (χ3n) is 3.85. The summed E-state index contributed by atoms with van der Waals surface area (Å²) < 4.78 is 42.8. The van der Waals surface area contributed by atoms with Crippen LogP contribution >= 0.6 is 0 Å². The van der Waals surface area contributed by atoms with Crippen molar-refractivity contribution in [2.45, 2.75) is 25.6 Å². The van der Waals surface area contributed by atoms with E-state index in [1.807, 2.05) is 4.90 Å². The highest BCUT2D eigenvalue weighted by Crippen LogP contribution is 2.29. The Kier molecular flexibility index (Phi) is 6.60. The fourth-order valence-electron chi connectivity index (χ4n) is 2.50. The molecule has 0 spiro atoms. The van der Waals surface area contributed by atoms with E-state index >= 15 is 0 Å². The number of hydrogen-bond acceptors (Lipinski definition) is 5. The second kappa shape index (κ2) is 8.48. The molecule has 0 bridgehead atoms. The number of rotatable bonds is 6. The van der Waals surface area contributed by atoms with Gasteiger partial charge in [0.15, 0.2) is 0 Å². The number of aliphatic hydroxyl groups excluding tert-OH is 1. The zero-order chi connectivity index (χ0) is 18.4. The molecule has 2 heterocycles. The molecular weight excluding hydrogens is 339 g/mol. The van der Waals surface area contributed by atoms with Gasteiger partial charge in [0.05, 0.1) is 31.3 Å². The van der Waals surface area contributed by atoms with Crippen LogP contribution in [-0.2, 0) is 15.7 Å². The molecule has 1 fully saturated rings. The SMILES string of the molecule is CC(O)COCCC(=O)N1CCN(c2ccc(C(F)(F)F)cn2)CC1. The molecule has 1 amide bonds. The van der Waals surface area contributed by atoms with Crippen molar-refractivity contribution in [1.29, 1.82) is 0 Å². The van der Waals surface area contributed by atoms with Crippen LogP contribution in [0.15, 0.2) is 18.3 Å². The van der Waals surface area contributed by atoms with Crippen LogP contribution in [0.5, 0.6) is 0 Å². The number of aromatic nitrogens is 1. The van der Waals surface area contributed by atoms with Crippen molar-refractivity contribution < 1.29 is 27.8 Å². The number of hydrogen-bond donors (Lipinski definition) is 1. The van der Waals surface area contributed by atoms with Gasteiger partial charge < -0.3 is 19.6 Å². The Bertz CT molecular complexity index is 556. The van der Waals surface area contributed by atoms with Gasteiger partial charge in [0, 0.05) is 32.4 Å². The van der Waals surface area contributed by atoms with E-state index in [0.717, 1.165) is 12.3 Å². The van der Waals surface area contributed by atoms with Crippen molar-refractivity contribution in [1.82, 2.24) is 9.88 Å². The molecule has 0 radical (unpaired) electrons. The average molecular weight is 361 g/mol.